The van der Waals surface area contributed by atoms with E-state index in [1.807, 2.05) is 31.2 Å². The minimum atomic E-state index is -0.320. The molecule has 31 heavy (non-hydrogen) atoms. The molecule has 1 amide bonds. The highest BCUT2D eigenvalue weighted by Gasteiger charge is 2.14. The number of amides is 1. The third kappa shape index (κ3) is 4.87. The Kier molecular flexibility index (Phi) is 6.21. The molecule has 0 aliphatic rings. The lowest BCUT2D eigenvalue weighted by Crippen LogP contribution is -2.26. The van der Waals surface area contributed by atoms with Crippen molar-refractivity contribution < 1.29 is 9.18 Å². The average Bonchev–Trinajstić information content (AvgIpc) is 2.75. The highest BCUT2D eigenvalue weighted by atomic mass is 35.5. The molecule has 156 valence electrons. The van der Waals surface area contributed by atoms with Crippen LogP contribution in [0.2, 0.25) is 10.0 Å². The number of halogens is 3. The Hall–Kier alpha value is -2.95. The molecule has 0 radical (unpaired) electrons. The molecule has 3 aromatic carbocycles. The number of benzene rings is 3. The minimum Gasteiger partial charge on any atom is -0.352 e. The van der Waals surface area contributed by atoms with Gasteiger partial charge in [-0.3, -0.25) is 4.79 Å². The maximum Gasteiger partial charge on any atom is 0.252 e. The number of carbonyl (C=O) groups is 1. The van der Waals surface area contributed by atoms with E-state index >= 15 is 0 Å². The predicted molar refractivity (Wildman–Crippen MR) is 124 cm³/mol. The Bertz CT molecular complexity index is 1270. The maximum atomic E-state index is 13.3. The summed E-state index contributed by atoms with van der Waals surface area (Å²) in [4.78, 5) is 17.8. The summed E-state index contributed by atoms with van der Waals surface area (Å²) in [5, 5.41) is 4.89. The Morgan fingerprint density at radius 2 is 1.77 bits per heavy atom. The van der Waals surface area contributed by atoms with E-state index in [0.717, 1.165) is 22.1 Å². The van der Waals surface area contributed by atoms with Gasteiger partial charge in [0.05, 0.1) is 16.8 Å². The van der Waals surface area contributed by atoms with E-state index in [4.69, 9.17) is 23.2 Å². The molecule has 1 heterocycles. The van der Waals surface area contributed by atoms with Crippen LogP contribution in [0, 0.1) is 12.7 Å². The van der Waals surface area contributed by atoms with Crippen LogP contribution in [0.15, 0.2) is 66.7 Å². The van der Waals surface area contributed by atoms with Gasteiger partial charge in [0, 0.05) is 27.5 Å². The zero-order chi connectivity index (χ0) is 22.0. The van der Waals surface area contributed by atoms with Crippen LogP contribution in [0.3, 0.4) is 0 Å². The summed E-state index contributed by atoms with van der Waals surface area (Å²) in [6.07, 6.45) is 0.578. The lowest BCUT2D eigenvalue weighted by Gasteiger charge is -2.12. The lowest BCUT2D eigenvalue weighted by molar-refractivity contribution is 0.0955. The molecule has 0 fully saturated rings. The highest BCUT2D eigenvalue weighted by Crippen LogP contribution is 2.26. The van der Waals surface area contributed by atoms with Gasteiger partial charge in [-0.2, -0.15) is 0 Å². The summed E-state index contributed by atoms with van der Waals surface area (Å²) >= 11 is 12.2. The fourth-order valence-electron chi connectivity index (χ4n) is 3.43. The molecule has 0 atom stereocenters. The number of fused-ring (bicyclic) bond motifs is 1. The first-order valence-corrected chi connectivity index (χ1v) is 10.6. The van der Waals surface area contributed by atoms with E-state index in [1.165, 1.54) is 12.1 Å². The summed E-state index contributed by atoms with van der Waals surface area (Å²) in [6.45, 7) is 2.39. The lowest BCUT2D eigenvalue weighted by atomic mass is 10.0. The van der Waals surface area contributed by atoms with Crippen molar-refractivity contribution >= 4 is 40.0 Å². The maximum absolute atomic E-state index is 13.3. The van der Waals surface area contributed by atoms with Gasteiger partial charge >= 0.3 is 0 Å². The summed E-state index contributed by atoms with van der Waals surface area (Å²) in [5.74, 6) is -0.523. The molecule has 4 rings (SSSR count). The molecule has 0 saturated heterocycles. The fourth-order valence-corrected chi connectivity index (χ4v) is 3.93. The van der Waals surface area contributed by atoms with Crippen molar-refractivity contribution in [1.82, 2.24) is 10.3 Å². The average molecular weight is 453 g/mol. The zero-order valence-corrected chi connectivity index (χ0v) is 18.3. The molecule has 1 aromatic heterocycles. The van der Waals surface area contributed by atoms with Crippen molar-refractivity contribution in [3.63, 3.8) is 0 Å². The monoisotopic (exact) mass is 452 g/mol. The summed E-state index contributed by atoms with van der Waals surface area (Å²) < 4.78 is 13.3. The zero-order valence-electron chi connectivity index (χ0n) is 16.8. The number of nitrogens with one attached hydrogen (secondary N) is 1. The minimum absolute atomic E-state index is 0.202. The van der Waals surface area contributed by atoms with Gasteiger partial charge in [0.2, 0.25) is 0 Å². The summed E-state index contributed by atoms with van der Waals surface area (Å²) in [5.41, 5.74) is 4.53. The first kappa shape index (κ1) is 21.3. The second kappa shape index (κ2) is 9.04. The number of carbonyl (C=O) groups excluding carboxylic acids is 1. The second-order valence-electron chi connectivity index (χ2n) is 7.32. The second-order valence-corrected chi connectivity index (χ2v) is 8.17. The molecule has 1 N–H and O–H groups in total. The van der Waals surface area contributed by atoms with Gasteiger partial charge in [-0.15, -0.1) is 0 Å². The predicted octanol–water partition coefficient (Wildman–Crippen LogP) is 6.63. The van der Waals surface area contributed by atoms with Crippen molar-refractivity contribution in [2.45, 2.75) is 13.3 Å². The molecule has 3 nitrogen and oxygen atoms in total. The van der Waals surface area contributed by atoms with Crippen LogP contribution in [0.4, 0.5) is 4.39 Å². The van der Waals surface area contributed by atoms with Crippen LogP contribution < -0.4 is 5.32 Å². The Morgan fingerprint density at radius 3 is 2.52 bits per heavy atom. The van der Waals surface area contributed by atoms with Crippen LogP contribution in [0.1, 0.15) is 21.5 Å². The smallest absolute Gasteiger partial charge is 0.252 e. The van der Waals surface area contributed by atoms with E-state index in [2.05, 4.69) is 10.3 Å². The molecule has 0 bridgehead atoms. The van der Waals surface area contributed by atoms with Crippen LogP contribution >= 0.6 is 23.2 Å². The first-order valence-electron chi connectivity index (χ1n) is 9.80. The van der Waals surface area contributed by atoms with Gasteiger partial charge < -0.3 is 5.32 Å². The van der Waals surface area contributed by atoms with Gasteiger partial charge in [0.25, 0.3) is 5.91 Å². The van der Waals surface area contributed by atoms with Gasteiger partial charge in [0.1, 0.15) is 5.82 Å². The number of aryl methyl sites for hydroxylation is 1. The molecule has 6 heteroatoms. The number of hydrogen-bond donors (Lipinski definition) is 1. The highest BCUT2D eigenvalue weighted by molar-refractivity contribution is 6.35. The van der Waals surface area contributed by atoms with Crippen molar-refractivity contribution in [2.75, 3.05) is 6.54 Å². The van der Waals surface area contributed by atoms with E-state index in [-0.39, 0.29) is 11.7 Å². The van der Waals surface area contributed by atoms with Crippen molar-refractivity contribution in [1.29, 1.82) is 0 Å². The molecular formula is C25H19Cl2FN2O. The van der Waals surface area contributed by atoms with Crippen molar-refractivity contribution in [3.8, 4) is 11.3 Å². The van der Waals surface area contributed by atoms with E-state index in [9.17, 15) is 9.18 Å². The van der Waals surface area contributed by atoms with Crippen molar-refractivity contribution in [2.24, 2.45) is 0 Å². The number of nitrogens with zero attached hydrogens (tertiary/aromatic N) is 1. The summed E-state index contributed by atoms with van der Waals surface area (Å²) in [7, 11) is 0. The standard InChI is InChI=1S/C25H19Cl2FN2O/c1-15-2-9-23-20(12-15)21(14-24(30-23)17-4-7-19(28)8-5-17)25(31)29-11-10-16-3-6-18(26)13-22(16)27/h2-9,12-14H,10-11H2,1H3,(H,29,31). The molecule has 0 saturated carbocycles. The van der Waals surface area contributed by atoms with Gasteiger partial charge in [-0.25, -0.2) is 9.37 Å². The molecule has 0 aliphatic carbocycles. The third-order valence-corrected chi connectivity index (χ3v) is 5.63. The van der Waals surface area contributed by atoms with E-state index < -0.39 is 0 Å². The van der Waals surface area contributed by atoms with Crippen LogP contribution in [0.25, 0.3) is 22.2 Å². The number of aromatic nitrogens is 1. The number of hydrogen-bond acceptors (Lipinski definition) is 2. The molecule has 0 aliphatic heterocycles. The largest absolute Gasteiger partial charge is 0.352 e. The normalized spacial score (nSPS) is 11.0. The van der Waals surface area contributed by atoms with Gasteiger partial charge in [-0.1, -0.05) is 40.9 Å². The number of pyridine rings is 1. The van der Waals surface area contributed by atoms with Crippen LogP contribution in [-0.2, 0) is 6.42 Å². The first-order chi connectivity index (χ1) is 14.9. The Morgan fingerprint density at radius 1 is 1.00 bits per heavy atom. The van der Waals surface area contributed by atoms with Crippen LogP contribution in [0.5, 0.6) is 0 Å². The summed E-state index contributed by atoms with van der Waals surface area (Å²) in [6, 6.07) is 18.9. The topological polar surface area (TPSA) is 42.0 Å². The van der Waals surface area contributed by atoms with Crippen molar-refractivity contribution in [3.05, 3.63) is 99.3 Å². The molecule has 0 unspecified atom stereocenters. The molecule has 0 spiro atoms. The molecular weight excluding hydrogens is 434 g/mol. The van der Waals surface area contributed by atoms with E-state index in [1.54, 1.807) is 30.3 Å². The SMILES string of the molecule is Cc1ccc2nc(-c3ccc(F)cc3)cc(C(=O)NCCc3ccc(Cl)cc3Cl)c2c1. The quantitative estimate of drug-likeness (QED) is 0.369. The van der Waals surface area contributed by atoms with Crippen LogP contribution in [-0.4, -0.2) is 17.4 Å². The Labute approximate surface area is 189 Å². The van der Waals surface area contributed by atoms with E-state index in [0.29, 0.717) is 39.8 Å². The fraction of sp³-hybridized carbons (Fsp3) is 0.120. The van der Waals surface area contributed by atoms with Gasteiger partial charge in [0.15, 0.2) is 0 Å². The molecule has 4 aromatic rings. The Balaban J connectivity index is 1.63. The number of rotatable bonds is 5. The van der Waals surface area contributed by atoms with Gasteiger partial charge in [-0.05, 0) is 73.5 Å². The third-order valence-electron chi connectivity index (χ3n) is 5.04.